The molecule has 0 spiro atoms. The largest absolute Gasteiger partial charge is 0.394 e. The van der Waals surface area contributed by atoms with E-state index in [-0.39, 0.29) is 12.5 Å². The van der Waals surface area contributed by atoms with Crippen LogP contribution in [0.5, 0.6) is 0 Å². The van der Waals surface area contributed by atoms with Crippen LogP contribution in [0, 0.1) is 0 Å². The first-order valence-electron chi connectivity index (χ1n) is 31.2. The summed E-state index contributed by atoms with van der Waals surface area (Å²) in [6, 6.07) is -0.822. The van der Waals surface area contributed by atoms with Crippen molar-refractivity contribution in [3.63, 3.8) is 0 Å². The third-order valence-electron chi connectivity index (χ3n) is 14.9. The van der Waals surface area contributed by atoms with Crippen molar-refractivity contribution < 1.29 is 39.8 Å². The van der Waals surface area contributed by atoms with Crippen molar-refractivity contribution in [2.24, 2.45) is 0 Å². The third kappa shape index (κ3) is 41.6. The van der Waals surface area contributed by atoms with Crippen LogP contribution in [0.3, 0.4) is 0 Å². The molecule has 9 heteroatoms. The van der Waals surface area contributed by atoms with Crippen molar-refractivity contribution in [1.29, 1.82) is 0 Å². The normalized spacial score (nSPS) is 19.3. The van der Waals surface area contributed by atoms with Gasteiger partial charge < -0.3 is 40.3 Å². The van der Waals surface area contributed by atoms with Gasteiger partial charge in [0.25, 0.3) is 0 Å². The number of nitrogens with one attached hydrogen (secondary N) is 1. The predicted octanol–water partition coefficient (Wildman–Crippen LogP) is 15.9. The number of rotatable bonds is 54. The molecule has 1 rings (SSSR count). The molecule has 1 aliphatic heterocycles. The van der Waals surface area contributed by atoms with Gasteiger partial charge in [0.05, 0.1) is 25.4 Å². The molecule has 6 N–H and O–H groups in total. The van der Waals surface area contributed by atoms with Crippen LogP contribution in [0.1, 0.15) is 303 Å². The van der Waals surface area contributed by atoms with E-state index in [1.54, 1.807) is 6.08 Å². The van der Waals surface area contributed by atoms with E-state index in [0.29, 0.717) is 6.42 Å². The molecular weight excluding hydrogens is 899 g/mol. The van der Waals surface area contributed by atoms with Crippen LogP contribution < -0.4 is 5.32 Å². The van der Waals surface area contributed by atoms with Crippen molar-refractivity contribution in [2.75, 3.05) is 13.2 Å². The van der Waals surface area contributed by atoms with Crippen molar-refractivity contribution in [3.05, 3.63) is 36.5 Å². The quantitative estimate of drug-likeness (QED) is 0.0261. The number of carbonyl (C=O) groups excluding carboxylic acids is 1. The lowest BCUT2D eigenvalue weighted by molar-refractivity contribution is -0.302. The van der Waals surface area contributed by atoms with Gasteiger partial charge >= 0.3 is 0 Å². The number of carbonyl (C=O) groups is 1. The lowest BCUT2D eigenvalue weighted by Gasteiger charge is -2.40. The maximum absolute atomic E-state index is 13.1. The van der Waals surface area contributed by atoms with Crippen LogP contribution in [-0.2, 0) is 14.3 Å². The minimum atomic E-state index is -1.57. The van der Waals surface area contributed by atoms with Gasteiger partial charge in [-0.15, -0.1) is 0 Å². The average Bonchev–Trinajstić information content (AvgIpc) is 3.38. The summed E-state index contributed by atoms with van der Waals surface area (Å²) >= 11 is 0. The monoisotopic (exact) mass is 1020 g/mol. The first-order chi connectivity index (χ1) is 35.3. The molecule has 0 aliphatic carbocycles. The Kier molecular flexibility index (Phi) is 50.2. The van der Waals surface area contributed by atoms with E-state index in [0.717, 1.165) is 38.5 Å². The maximum atomic E-state index is 13.1. The summed E-state index contributed by atoms with van der Waals surface area (Å²) in [5.74, 6) is -0.182. The highest BCUT2D eigenvalue weighted by molar-refractivity contribution is 5.76. The van der Waals surface area contributed by atoms with E-state index in [2.05, 4.69) is 43.5 Å². The van der Waals surface area contributed by atoms with Crippen LogP contribution in [0.15, 0.2) is 36.5 Å². The summed E-state index contributed by atoms with van der Waals surface area (Å²) in [6.45, 7) is 3.80. The Hall–Kier alpha value is -1.59. The smallest absolute Gasteiger partial charge is 0.220 e. The molecule has 1 saturated heterocycles. The van der Waals surface area contributed by atoms with E-state index in [9.17, 15) is 30.3 Å². The highest BCUT2D eigenvalue weighted by Crippen LogP contribution is 2.23. The molecule has 7 atom stereocenters. The number of unbranched alkanes of at least 4 members (excludes halogenated alkanes) is 40. The maximum Gasteiger partial charge on any atom is 0.220 e. The van der Waals surface area contributed by atoms with Crippen molar-refractivity contribution in [2.45, 2.75) is 346 Å². The molecule has 1 fully saturated rings. The summed E-state index contributed by atoms with van der Waals surface area (Å²) in [4.78, 5) is 13.1. The Morgan fingerprint density at radius 2 is 0.792 bits per heavy atom. The van der Waals surface area contributed by atoms with Gasteiger partial charge in [-0.2, -0.15) is 0 Å². The van der Waals surface area contributed by atoms with Gasteiger partial charge in [-0.05, 0) is 57.8 Å². The fourth-order valence-corrected chi connectivity index (χ4v) is 9.99. The van der Waals surface area contributed by atoms with Gasteiger partial charge in [0.15, 0.2) is 6.29 Å². The highest BCUT2D eigenvalue weighted by atomic mass is 16.7. The molecule has 424 valence electrons. The molecule has 1 heterocycles. The van der Waals surface area contributed by atoms with E-state index >= 15 is 0 Å². The molecule has 72 heavy (non-hydrogen) atoms. The van der Waals surface area contributed by atoms with Crippen LogP contribution >= 0.6 is 0 Å². The second-order valence-corrected chi connectivity index (χ2v) is 21.8. The standard InChI is InChI=1S/C63H119NO8/c1-3-5-7-9-11-13-15-17-19-21-23-25-27-29-31-33-35-37-39-41-43-45-47-49-51-53-59(67)64-56(55-71-63-62(70)61(69)60(68)58(54-65)72-63)57(66)52-50-48-46-44-42-40-38-36-34-32-30-28-26-24-22-20-18-16-14-12-10-8-6-4-2/h21,23,42,44,50,52,56-58,60-63,65-66,68-70H,3-20,22,24-41,43,45-49,51,53-55H2,1-2H3,(H,64,67)/b23-21-,44-42+,52-50+. The zero-order valence-electron chi connectivity index (χ0n) is 47.2. The van der Waals surface area contributed by atoms with E-state index < -0.39 is 49.5 Å². The molecule has 9 nitrogen and oxygen atoms in total. The average molecular weight is 1020 g/mol. The summed E-state index contributed by atoms with van der Waals surface area (Å²) in [6.07, 6.45) is 62.3. The minimum absolute atomic E-state index is 0.182. The molecule has 0 bridgehead atoms. The Morgan fingerprint density at radius 3 is 1.17 bits per heavy atom. The van der Waals surface area contributed by atoms with Crippen LogP contribution in [-0.4, -0.2) is 87.5 Å². The van der Waals surface area contributed by atoms with Gasteiger partial charge in [0.2, 0.25) is 5.91 Å². The fraction of sp³-hybridized carbons (Fsp3) is 0.889. The summed E-state index contributed by atoms with van der Waals surface area (Å²) in [5, 5.41) is 54.6. The molecule has 0 aromatic rings. The van der Waals surface area contributed by atoms with Crippen LogP contribution in [0.2, 0.25) is 0 Å². The second-order valence-electron chi connectivity index (χ2n) is 21.8. The first-order valence-corrected chi connectivity index (χ1v) is 31.2. The molecule has 1 aliphatic rings. The fourth-order valence-electron chi connectivity index (χ4n) is 9.99. The molecule has 7 unspecified atom stereocenters. The number of amides is 1. The Balaban J connectivity index is 2.21. The van der Waals surface area contributed by atoms with Crippen molar-refractivity contribution in [1.82, 2.24) is 5.32 Å². The van der Waals surface area contributed by atoms with Gasteiger partial charge in [0, 0.05) is 6.42 Å². The lowest BCUT2D eigenvalue weighted by Crippen LogP contribution is -2.60. The third-order valence-corrected chi connectivity index (χ3v) is 14.9. The first kappa shape index (κ1) is 68.4. The Morgan fingerprint density at radius 1 is 0.458 bits per heavy atom. The SMILES string of the molecule is CCCCCCCCCC/C=C\CCCCCCCCCCCCCCCC(=O)NC(COC1OC(CO)C(O)C(O)C1O)C(O)/C=C/CC/C=C/CCCCCCCCCCCCCCCCCCCC. The molecule has 0 saturated carbocycles. The predicted molar refractivity (Wildman–Crippen MR) is 304 cm³/mol. The van der Waals surface area contributed by atoms with Crippen molar-refractivity contribution in [3.8, 4) is 0 Å². The number of allylic oxidation sites excluding steroid dienone is 5. The van der Waals surface area contributed by atoms with Gasteiger partial charge in [-0.3, -0.25) is 4.79 Å². The zero-order valence-corrected chi connectivity index (χ0v) is 47.2. The molecule has 0 aromatic carbocycles. The van der Waals surface area contributed by atoms with E-state index in [4.69, 9.17) is 9.47 Å². The molecule has 0 radical (unpaired) electrons. The number of hydrogen-bond acceptors (Lipinski definition) is 8. The molecular formula is C63H119NO8. The Labute approximate surface area is 444 Å². The number of hydrogen-bond donors (Lipinski definition) is 6. The summed E-state index contributed by atoms with van der Waals surface area (Å²) in [5.41, 5.74) is 0. The minimum Gasteiger partial charge on any atom is -0.394 e. The van der Waals surface area contributed by atoms with E-state index in [1.807, 2.05) is 6.08 Å². The number of aliphatic hydroxyl groups excluding tert-OH is 5. The molecule has 1 amide bonds. The van der Waals surface area contributed by atoms with E-state index in [1.165, 1.54) is 244 Å². The second kappa shape index (κ2) is 52.8. The van der Waals surface area contributed by atoms with Crippen LogP contribution in [0.4, 0.5) is 0 Å². The van der Waals surface area contributed by atoms with Crippen molar-refractivity contribution >= 4 is 5.91 Å². The van der Waals surface area contributed by atoms with Gasteiger partial charge in [0.1, 0.15) is 24.4 Å². The highest BCUT2D eigenvalue weighted by Gasteiger charge is 2.44. The summed E-state index contributed by atoms with van der Waals surface area (Å²) in [7, 11) is 0. The topological polar surface area (TPSA) is 149 Å². The summed E-state index contributed by atoms with van der Waals surface area (Å²) < 4.78 is 11.3. The van der Waals surface area contributed by atoms with Crippen LogP contribution in [0.25, 0.3) is 0 Å². The van der Waals surface area contributed by atoms with Gasteiger partial charge in [-0.1, -0.05) is 275 Å². The Bertz CT molecular complexity index is 1230. The molecule has 0 aromatic heterocycles. The van der Waals surface area contributed by atoms with Gasteiger partial charge in [-0.25, -0.2) is 0 Å². The lowest BCUT2D eigenvalue weighted by atomic mass is 9.99. The number of aliphatic hydroxyl groups is 5. The number of ether oxygens (including phenoxy) is 2. The zero-order chi connectivity index (χ0) is 52.2.